The highest BCUT2D eigenvalue weighted by atomic mass is 16.3. The van der Waals surface area contributed by atoms with E-state index in [0.717, 1.165) is 42.3 Å². The minimum Gasteiger partial charge on any atom is -0.373 e. The third-order valence-electron chi connectivity index (χ3n) is 6.33. The van der Waals surface area contributed by atoms with Gasteiger partial charge in [0.25, 0.3) is 5.91 Å². The summed E-state index contributed by atoms with van der Waals surface area (Å²) < 4.78 is 3.60. The van der Waals surface area contributed by atoms with Crippen molar-refractivity contribution in [3.05, 3.63) is 84.6 Å². The number of aliphatic hydroxyl groups excluding tert-OH is 1. The molecule has 2 aromatic carbocycles. The van der Waals surface area contributed by atoms with E-state index in [-0.39, 0.29) is 11.6 Å². The Kier molecular flexibility index (Phi) is 8.52. The van der Waals surface area contributed by atoms with E-state index < -0.39 is 12.1 Å². The average molecular weight is 488 g/mol. The number of nitrogens with two attached hydrogens (primary N) is 1. The maximum absolute atomic E-state index is 12.4. The molecule has 2 aromatic heterocycles. The van der Waals surface area contributed by atoms with E-state index in [1.54, 1.807) is 0 Å². The number of fused-ring (bicyclic) bond motifs is 1. The smallest absolute Gasteiger partial charge is 0.268 e. The molecule has 0 fully saturated rings. The van der Waals surface area contributed by atoms with Crippen molar-refractivity contribution in [3.8, 4) is 0 Å². The highest BCUT2D eigenvalue weighted by Crippen LogP contribution is 2.22. The number of anilines is 1. The first kappa shape index (κ1) is 25.2. The zero-order valence-electron chi connectivity index (χ0n) is 20.3. The molecule has 8 nitrogen and oxygen atoms in total. The zero-order valence-corrected chi connectivity index (χ0v) is 20.3. The van der Waals surface area contributed by atoms with E-state index in [9.17, 15) is 14.7 Å². The quantitative estimate of drug-likeness (QED) is 0.238. The van der Waals surface area contributed by atoms with Crippen LogP contribution in [0, 0.1) is 0 Å². The number of rotatable bonds is 13. The van der Waals surface area contributed by atoms with Gasteiger partial charge in [0.05, 0.1) is 11.8 Å². The molecule has 2 amide bonds. The molecule has 36 heavy (non-hydrogen) atoms. The summed E-state index contributed by atoms with van der Waals surface area (Å²) in [6, 6.07) is 18.4. The molecule has 0 unspecified atom stereocenters. The summed E-state index contributed by atoms with van der Waals surface area (Å²) in [6.07, 6.45) is 9.84. The number of primary amides is 1. The second kappa shape index (κ2) is 12.2. The Bertz CT molecular complexity index is 1300. The van der Waals surface area contributed by atoms with Gasteiger partial charge in [0.15, 0.2) is 0 Å². The van der Waals surface area contributed by atoms with Crippen LogP contribution in [0.4, 0.5) is 5.69 Å². The molecular weight excluding hydrogens is 454 g/mol. The minimum absolute atomic E-state index is 0.0333. The number of unbranched alkanes of at least 4 members (excludes halogenated alkanes) is 2. The molecule has 0 spiro atoms. The summed E-state index contributed by atoms with van der Waals surface area (Å²) in [5.41, 5.74) is 8.51. The number of aryl methyl sites for hydroxylation is 2. The van der Waals surface area contributed by atoms with Gasteiger partial charge in [-0.1, -0.05) is 42.8 Å². The van der Waals surface area contributed by atoms with Crippen LogP contribution in [0.2, 0.25) is 0 Å². The summed E-state index contributed by atoms with van der Waals surface area (Å²) in [5, 5.41) is 14.5. The molecule has 0 radical (unpaired) electrons. The van der Waals surface area contributed by atoms with Crippen molar-refractivity contribution in [2.45, 2.75) is 57.7 Å². The lowest BCUT2D eigenvalue weighted by atomic mass is 10.1. The monoisotopic (exact) mass is 487 g/mol. The number of hydrogen-bond acceptors (Lipinski definition) is 4. The van der Waals surface area contributed by atoms with Gasteiger partial charge in [-0.05, 0) is 61.3 Å². The molecule has 0 aliphatic rings. The Hall–Kier alpha value is -3.91. The standard InChI is InChI=1S/C28H33N5O3/c29-28(36)24-19-33(20-30-24)27(35)12-7-16-32-17-15-22-13-14-23(18-25(22)32)31-26(34)11-6-2-5-10-21-8-3-1-4-9-21/h1,3-4,8-9,13-15,17-20,27,35H,2,5-7,10-12,16H2,(H2,29,36)(H,31,34)/t27-/m1/s1. The molecule has 0 bridgehead atoms. The third-order valence-corrected chi connectivity index (χ3v) is 6.33. The van der Waals surface area contributed by atoms with Gasteiger partial charge in [-0.3, -0.25) is 9.59 Å². The van der Waals surface area contributed by atoms with Gasteiger partial charge in [-0.25, -0.2) is 4.98 Å². The van der Waals surface area contributed by atoms with Crippen molar-refractivity contribution in [2.24, 2.45) is 5.73 Å². The summed E-state index contributed by atoms with van der Waals surface area (Å²) in [6.45, 7) is 0.705. The molecule has 4 N–H and O–H groups in total. The predicted molar refractivity (Wildman–Crippen MR) is 140 cm³/mol. The normalized spacial score (nSPS) is 12.0. The topological polar surface area (TPSA) is 115 Å². The van der Waals surface area contributed by atoms with Gasteiger partial charge < -0.3 is 25.3 Å². The molecule has 188 valence electrons. The van der Waals surface area contributed by atoms with Crippen LogP contribution >= 0.6 is 0 Å². The Balaban J connectivity index is 1.23. The summed E-state index contributed by atoms with van der Waals surface area (Å²) in [7, 11) is 0. The Morgan fingerprint density at radius 3 is 2.64 bits per heavy atom. The predicted octanol–water partition coefficient (Wildman–Crippen LogP) is 4.65. The summed E-state index contributed by atoms with van der Waals surface area (Å²) >= 11 is 0. The Labute approximate surface area is 210 Å². The number of amides is 2. The van der Waals surface area contributed by atoms with Crippen LogP contribution in [0.5, 0.6) is 0 Å². The Morgan fingerprint density at radius 2 is 1.86 bits per heavy atom. The highest BCUT2D eigenvalue weighted by Gasteiger charge is 2.11. The molecular formula is C28H33N5O3. The first-order chi connectivity index (χ1) is 17.5. The molecule has 4 aromatic rings. The van der Waals surface area contributed by atoms with Crippen LogP contribution in [0.15, 0.2) is 73.3 Å². The van der Waals surface area contributed by atoms with E-state index in [1.165, 1.54) is 22.7 Å². The first-order valence-electron chi connectivity index (χ1n) is 12.4. The lowest BCUT2D eigenvalue weighted by molar-refractivity contribution is -0.116. The second-order valence-electron chi connectivity index (χ2n) is 9.07. The van der Waals surface area contributed by atoms with Gasteiger partial charge in [-0.2, -0.15) is 0 Å². The van der Waals surface area contributed by atoms with E-state index in [0.29, 0.717) is 25.8 Å². The maximum Gasteiger partial charge on any atom is 0.268 e. The highest BCUT2D eigenvalue weighted by molar-refractivity contribution is 5.93. The lowest BCUT2D eigenvalue weighted by Gasteiger charge is -2.13. The third kappa shape index (κ3) is 6.82. The molecule has 4 rings (SSSR count). The molecule has 0 aliphatic carbocycles. The molecule has 8 heteroatoms. The molecule has 1 atom stereocenters. The number of carbonyl (C=O) groups is 2. The SMILES string of the molecule is NC(=O)c1cn([C@H](O)CCCn2ccc3ccc(NC(=O)CCCCCc4ccccc4)cc32)cn1. The largest absolute Gasteiger partial charge is 0.373 e. The van der Waals surface area contributed by atoms with Gasteiger partial charge in [0.2, 0.25) is 5.91 Å². The second-order valence-corrected chi connectivity index (χ2v) is 9.07. The maximum atomic E-state index is 12.4. The van der Waals surface area contributed by atoms with Crippen LogP contribution in [-0.2, 0) is 17.8 Å². The number of nitrogens with one attached hydrogen (secondary N) is 1. The van der Waals surface area contributed by atoms with E-state index in [1.807, 2.05) is 36.5 Å². The minimum atomic E-state index is -0.782. The number of hydrogen-bond donors (Lipinski definition) is 3. The number of benzene rings is 2. The van der Waals surface area contributed by atoms with Gasteiger partial charge in [-0.15, -0.1) is 0 Å². The fourth-order valence-corrected chi connectivity index (χ4v) is 4.34. The molecule has 0 saturated heterocycles. The van der Waals surface area contributed by atoms with Gasteiger partial charge >= 0.3 is 0 Å². The van der Waals surface area contributed by atoms with Crippen molar-refractivity contribution in [1.82, 2.24) is 14.1 Å². The van der Waals surface area contributed by atoms with Crippen LogP contribution < -0.4 is 11.1 Å². The van der Waals surface area contributed by atoms with E-state index in [2.05, 4.69) is 39.1 Å². The summed E-state index contributed by atoms with van der Waals surface area (Å²) in [4.78, 5) is 27.5. The number of nitrogens with zero attached hydrogens (tertiary/aromatic N) is 3. The average Bonchev–Trinajstić information content (AvgIpc) is 3.52. The van der Waals surface area contributed by atoms with Crippen LogP contribution in [0.1, 0.15) is 60.8 Å². The van der Waals surface area contributed by atoms with Crippen LogP contribution in [0.3, 0.4) is 0 Å². The van der Waals surface area contributed by atoms with Crippen molar-refractivity contribution in [1.29, 1.82) is 0 Å². The van der Waals surface area contributed by atoms with Crippen molar-refractivity contribution < 1.29 is 14.7 Å². The van der Waals surface area contributed by atoms with E-state index in [4.69, 9.17) is 5.73 Å². The molecule has 2 heterocycles. The first-order valence-corrected chi connectivity index (χ1v) is 12.4. The van der Waals surface area contributed by atoms with Gasteiger partial charge in [0, 0.05) is 31.0 Å². The van der Waals surface area contributed by atoms with Crippen molar-refractivity contribution >= 4 is 28.4 Å². The number of carbonyl (C=O) groups excluding carboxylic acids is 2. The number of aliphatic hydroxyl groups is 1. The van der Waals surface area contributed by atoms with E-state index >= 15 is 0 Å². The number of imidazole rings is 1. The van der Waals surface area contributed by atoms with Crippen LogP contribution in [-0.4, -0.2) is 31.0 Å². The van der Waals surface area contributed by atoms with Crippen LogP contribution in [0.25, 0.3) is 10.9 Å². The molecule has 0 aliphatic heterocycles. The fraction of sp³-hybridized carbons (Fsp3) is 0.321. The lowest BCUT2D eigenvalue weighted by Crippen LogP contribution is -2.12. The Morgan fingerprint density at radius 1 is 1.03 bits per heavy atom. The fourth-order valence-electron chi connectivity index (χ4n) is 4.34. The van der Waals surface area contributed by atoms with Crippen molar-refractivity contribution in [3.63, 3.8) is 0 Å². The summed E-state index contributed by atoms with van der Waals surface area (Å²) in [5.74, 6) is -0.586. The number of aromatic nitrogens is 3. The van der Waals surface area contributed by atoms with Gasteiger partial charge in [0.1, 0.15) is 11.9 Å². The molecule has 0 saturated carbocycles. The zero-order chi connectivity index (χ0) is 25.3. The van der Waals surface area contributed by atoms with Crippen molar-refractivity contribution in [2.75, 3.05) is 5.32 Å².